The Bertz CT molecular complexity index is 1050. The number of carbonyl (C=O) groups is 2. The summed E-state index contributed by atoms with van der Waals surface area (Å²) in [7, 11) is 3.65. The number of fused-ring (bicyclic) bond motifs is 1. The first-order valence-electron chi connectivity index (χ1n) is 11.0. The van der Waals surface area contributed by atoms with Crippen LogP contribution >= 0.6 is 11.6 Å². The van der Waals surface area contributed by atoms with Crippen LogP contribution in [0.1, 0.15) is 17.5 Å². The number of methoxy groups -OCH3 is 1. The van der Waals surface area contributed by atoms with E-state index in [9.17, 15) is 14.0 Å². The van der Waals surface area contributed by atoms with Crippen LogP contribution in [0.4, 0.5) is 20.6 Å². The lowest BCUT2D eigenvalue weighted by atomic mass is 10.0. The summed E-state index contributed by atoms with van der Waals surface area (Å²) in [6.07, 6.45) is 1.97. The summed E-state index contributed by atoms with van der Waals surface area (Å²) < 4.78 is 19.6. The molecule has 0 aromatic heterocycles. The molecule has 2 aliphatic rings. The maximum Gasteiger partial charge on any atom is 0.322 e. The van der Waals surface area contributed by atoms with Crippen molar-refractivity contribution in [2.24, 2.45) is 0 Å². The fourth-order valence-electron chi connectivity index (χ4n) is 4.36. The SMILES string of the molecule is CO[C@@H]1C[C@H](C(=O)Nc2ccc3c(c2)CCN(C)CC3)N(C(=O)Nc2ccc(Cl)cc2F)C1. The first kappa shape index (κ1) is 23.5. The number of likely N-dealkylation sites (N-methyl/N-ethyl adjacent to an activating group) is 1. The number of benzene rings is 2. The molecular weight excluding hydrogens is 447 g/mol. The molecule has 0 unspecified atom stereocenters. The number of rotatable bonds is 4. The average molecular weight is 475 g/mol. The number of anilines is 2. The lowest BCUT2D eigenvalue weighted by Crippen LogP contribution is -2.45. The van der Waals surface area contributed by atoms with Crippen molar-refractivity contribution in [2.75, 3.05) is 44.4 Å². The second kappa shape index (κ2) is 10.1. The molecule has 2 aromatic carbocycles. The van der Waals surface area contributed by atoms with Crippen molar-refractivity contribution >= 4 is 34.9 Å². The van der Waals surface area contributed by atoms with Gasteiger partial charge in [0, 0.05) is 43.9 Å². The number of urea groups is 1. The zero-order chi connectivity index (χ0) is 23.5. The second-order valence-corrected chi connectivity index (χ2v) is 9.03. The number of nitrogens with zero attached hydrogens (tertiary/aromatic N) is 2. The largest absolute Gasteiger partial charge is 0.380 e. The number of nitrogens with one attached hydrogen (secondary N) is 2. The van der Waals surface area contributed by atoms with Crippen LogP contribution in [-0.4, -0.2) is 67.7 Å². The molecule has 1 saturated heterocycles. The lowest BCUT2D eigenvalue weighted by molar-refractivity contribution is -0.119. The van der Waals surface area contributed by atoms with Crippen LogP contribution in [0.2, 0.25) is 5.02 Å². The van der Waals surface area contributed by atoms with Gasteiger partial charge in [0.2, 0.25) is 5.91 Å². The van der Waals surface area contributed by atoms with Gasteiger partial charge in [-0.15, -0.1) is 0 Å². The standard InChI is InChI=1S/C24H28ClFN4O3/c1-29-9-7-15-3-5-18(11-16(15)8-10-29)27-23(31)22-13-19(33-2)14-30(22)24(32)28-21-6-4-17(25)12-20(21)26/h3-6,11-12,19,22H,7-10,13-14H2,1-2H3,(H,27,31)(H,28,32)/t19-,22-/m1/s1. The van der Waals surface area contributed by atoms with Crippen molar-refractivity contribution in [1.29, 1.82) is 0 Å². The van der Waals surface area contributed by atoms with Crippen LogP contribution < -0.4 is 10.6 Å². The monoisotopic (exact) mass is 474 g/mol. The Labute approximate surface area is 197 Å². The molecule has 33 heavy (non-hydrogen) atoms. The van der Waals surface area contributed by atoms with E-state index in [0.29, 0.717) is 12.1 Å². The number of likely N-dealkylation sites (tertiary alicyclic amines) is 1. The zero-order valence-electron chi connectivity index (χ0n) is 18.7. The van der Waals surface area contributed by atoms with Crippen molar-refractivity contribution in [2.45, 2.75) is 31.4 Å². The first-order valence-corrected chi connectivity index (χ1v) is 11.4. The highest BCUT2D eigenvalue weighted by Gasteiger charge is 2.40. The summed E-state index contributed by atoms with van der Waals surface area (Å²) in [5.41, 5.74) is 3.23. The Balaban J connectivity index is 1.47. The zero-order valence-corrected chi connectivity index (χ0v) is 19.5. The molecular formula is C24H28ClFN4O3. The Morgan fingerprint density at radius 3 is 2.58 bits per heavy atom. The van der Waals surface area contributed by atoms with E-state index in [2.05, 4.69) is 28.6 Å². The van der Waals surface area contributed by atoms with E-state index in [-0.39, 0.29) is 29.3 Å². The van der Waals surface area contributed by atoms with Crippen molar-refractivity contribution in [1.82, 2.24) is 9.80 Å². The molecule has 0 aliphatic carbocycles. The van der Waals surface area contributed by atoms with E-state index in [1.807, 2.05) is 12.1 Å². The fourth-order valence-corrected chi connectivity index (χ4v) is 4.52. The molecule has 3 amide bonds. The van der Waals surface area contributed by atoms with E-state index in [1.165, 1.54) is 28.2 Å². The summed E-state index contributed by atoms with van der Waals surface area (Å²) in [5.74, 6) is -0.943. The maximum absolute atomic E-state index is 14.2. The third kappa shape index (κ3) is 5.46. The summed E-state index contributed by atoms with van der Waals surface area (Å²) >= 11 is 5.79. The molecule has 2 atom stereocenters. The third-order valence-corrected chi connectivity index (χ3v) is 6.57. The average Bonchev–Trinajstić information content (AvgIpc) is 3.15. The number of hydrogen-bond acceptors (Lipinski definition) is 4. The Morgan fingerprint density at radius 2 is 1.85 bits per heavy atom. The number of ether oxygens (including phenoxy) is 1. The van der Waals surface area contributed by atoms with Crippen LogP contribution in [0.15, 0.2) is 36.4 Å². The van der Waals surface area contributed by atoms with E-state index >= 15 is 0 Å². The van der Waals surface area contributed by atoms with Gasteiger partial charge in [-0.25, -0.2) is 9.18 Å². The molecule has 2 heterocycles. The van der Waals surface area contributed by atoms with E-state index in [4.69, 9.17) is 16.3 Å². The van der Waals surface area contributed by atoms with Crippen molar-refractivity contribution < 1.29 is 18.7 Å². The molecule has 9 heteroatoms. The fraction of sp³-hybridized carbons (Fsp3) is 0.417. The highest BCUT2D eigenvalue weighted by Crippen LogP contribution is 2.26. The smallest absolute Gasteiger partial charge is 0.322 e. The van der Waals surface area contributed by atoms with Gasteiger partial charge in [-0.05, 0) is 61.3 Å². The molecule has 176 valence electrons. The number of hydrogen-bond donors (Lipinski definition) is 2. The molecule has 0 radical (unpaired) electrons. The van der Waals surface area contributed by atoms with Gasteiger partial charge < -0.3 is 25.2 Å². The number of halogens is 2. The molecule has 1 fully saturated rings. The highest BCUT2D eigenvalue weighted by atomic mass is 35.5. The minimum Gasteiger partial charge on any atom is -0.380 e. The van der Waals surface area contributed by atoms with Crippen LogP contribution in [0.5, 0.6) is 0 Å². The van der Waals surface area contributed by atoms with E-state index in [1.54, 1.807) is 7.11 Å². The predicted octanol–water partition coefficient (Wildman–Crippen LogP) is 3.77. The Hall–Kier alpha value is -2.68. The topological polar surface area (TPSA) is 73.9 Å². The van der Waals surface area contributed by atoms with Gasteiger partial charge in [0.25, 0.3) is 0 Å². The second-order valence-electron chi connectivity index (χ2n) is 8.59. The van der Waals surface area contributed by atoms with Crippen molar-refractivity contribution in [3.63, 3.8) is 0 Å². The van der Waals surface area contributed by atoms with Crippen LogP contribution in [-0.2, 0) is 22.4 Å². The Morgan fingerprint density at radius 1 is 1.09 bits per heavy atom. The molecule has 2 N–H and O–H groups in total. The molecule has 2 aromatic rings. The third-order valence-electron chi connectivity index (χ3n) is 6.33. The van der Waals surface area contributed by atoms with Crippen molar-refractivity contribution in [3.05, 3.63) is 58.4 Å². The van der Waals surface area contributed by atoms with Crippen molar-refractivity contribution in [3.8, 4) is 0 Å². The van der Waals surface area contributed by atoms with Crippen LogP contribution in [0.25, 0.3) is 0 Å². The molecule has 0 saturated carbocycles. The van der Waals surface area contributed by atoms with Gasteiger partial charge in [-0.1, -0.05) is 17.7 Å². The van der Waals surface area contributed by atoms with Crippen LogP contribution in [0, 0.1) is 5.82 Å². The van der Waals surface area contributed by atoms with Gasteiger partial charge in [-0.3, -0.25) is 4.79 Å². The highest BCUT2D eigenvalue weighted by molar-refractivity contribution is 6.30. The Kier molecular flexibility index (Phi) is 7.17. The van der Waals surface area contributed by atoms with Crippen LogP contribution in [0.3, 0.4) is 0 Å². The predicted molar refractivity (Wildman–Crippen MR) is 126 cm³/mol. The van der Waals surface area contributed by atoms with E-state index < -0.39 is 17.9 Å². The molecule has 7 nitrogen and oxygen atoms in total. The van der Waals surface area contributed by atoms with Gasteiger partial charge in [0.05, 0.1) is 11.8 Å². The summed E-state index contributed by atoms with van der Waals surface area (Å²) in [6, 6.07) is 8.67. The summed E-state index contributed by atoms with van der Waals surface area (Å²) in [6.45, 7) is 2.21. The van der Waals surface area contributed by atoms with Gasteiger partial charge >= 0.3 is 6.03 Å². The quantitative estimate of drug-likeness (QED) is 0.707. The molecule has 4 rings (SSSR count). The molecule has 2 aliphatic heterocycles. The number of amides is 3. The molecule has 0 bridgehead atoms. The normalized spacial score (nSPS) is 20.8. The van der Waals surface area contributed by atoms with Gasteiger partial charge in [-0.2, -0.15) is 0 Å². The van der Waals surface area contributed by atoms with E-state index in [0.717, 1.165) is 32.0 Å². The minimum absolute atomic E-state index is 0.000135. The number of carbonyl (C=O) groups excluding carboxylic acids is 2. The summed E-state index contributed by atoms with van der Waals surface area (Å²) in [4.78, 5) is 29.7. The molecule has 0 spiro atoms. The summed E-state index contributed by atoms with van der Waals surface area (Å²) in [5, 5.41) is 5.73. The maximum atomic E-state index is 14.2. The first-order chi connectivity index (χ1) is 15.8. The van der Waals surface area contributed by atoms with Gasteiger partial charge in [0.1, 0.15) is 11.9 Å². The minimum atomic E-state index is -0.741. The van der Waals surface area contributed by atoms with Gasteiger partial charge in [0.15, 0.2) is 0 Å². The lowest BCUT2D eigenvalue weighted by Gasteiger charge is -2.24.